The maximum atomic E-state index is 12.7. The molecule has 0 aliphatic carbocycles. The second-order valence-electron chi connectivity index (χ2n) is 3.13. The summed E-state index contributed by atoms with van der Waals surface area (Å²) in [5.41, 5.74) is 5.84. The van der Waals surface area contributed by atoms with E-state index in [2.05, 4.69) is 5.32 Å². The van der Waals surface area contributed by atoms with Crippen LogP contribution in [0.3, 0.4) is 0 Å². The minimum absolute atomic E-state index is 0. The zero-order valence-electron chi connectivity index (χ0n) is 8.37. The van der Waals surface area contributed by atoms with Gasteiger partial charge in [-0.1, -0.05) is 12.1 Å². The van der Waals surface area contributed by atoms with Gasteiger partial charge in [-0.3, -0.25) is 4.79 Å². The van der Waals surface area contributed by atoms with Gasteiger partial charge in [0.2, 0.25) is 5.91 Å². The monoisotopic (exact) mass is 232 g/mol. The van der Waals surface area contributed by atoms with E-state index in [0.717, 1.165) is 5.56 Å². The molecule has 0 saturated heterocycles. The van der Waals surface area contributed by atoms with Gasteiger partial charge in [0.1, 0.15) is 5.82 Å². The van der Waals surface area contributed by atoms with Crippen molar-refractivity contribution in [2.75, 3.05) is 0 Å². The van der Waals surface area contributed by atoms with E-state index in [-0.39, 0.29) is 18.2 Å². The Morgan fingerprint density at radius 1 is 1.60 bits per heavy atom. The van der Waals surface area contributed by atoms with E-state index >= 15 is 0 Å². The third-order valence-electron chi connectivity index (χ3n) is 1.93. The predicted molar refractivity (Wildman–Crippen MR) is 59.1 cm³/mol. The summed E-state index contributed by atoms with van der Waals surface area (Å²) in [5, 5.41) is 2.88. The highest BCUT2D eigenvalue weighted by Gasteiger charge is 2.06. The minimum atomic E-state index is -0.415. The molecule has 0 spiro atoms. The van der Waals surface area contributed by atoms with Crippen LogP contribution in [0, 0.1) is 5.82 Å². The first-order chi connectivity index (χ1) is 6.59. The van der Waals surface area contributed by atoms with Crippen LogP contribution in [0.1, 0.15) is 12.5 Å². The number of carbonyl (C=O) groups excluding carboxylic acids is 1. The summed E-state index contributed by atoms with van der Waals surface area (Å²) in [7, 11) is 0. The summed E-state index contributed by atoms with van der Waals surface area (Å²) in [6, 6.07) is 5.80. The van der Waals surface area contributed by atoms with Crippen LogP contribution < -0.4 is 11.1 Å². The number of hydrogen-bond acceptors (Lipinski definition) is 2. The van der Waals surface area contributed by atoms with Gasteiger partial charge in [0.25, 0.3) is 0 Å². The van der Waals surface area contributed by atoms with E-state index in [1.807, 2.05) is 0 Å². The molecule has 5 heteroatoms. The quantitative estimate of drug-likeness (QED) is 0.820. The maximum Gasteiger partial charge on any atom is 0.234 e. The number of halogens is 2. The van der Waals surface area contributed by atoms with Crippen molar-refractivity contribution in [3.8, 4) is 0 Å². The van der Waals surface area contributed by atoms with E-state index in [4.69, 9.17) is 5.73 Å². The van der Waals surface area contributed by atoms with Gasteiger partial charge in [-0.2, -0.15) is 0 Å². The fraction of sp³-hybridized carbons (Fsp3) is 0.300. The molecular formula is C10H14ClFN2O. The molecule has 1 atom stereocenters. The molecule has 0 aliphatic rings. The molecule has 0 fully saturated rings. The third-order valence-corrected chi connectivity index (χ3v) is 1.93. The van der Waals surface area contributed by atoms with Gasteiger partial charge < -0.3 is 11.1 Å². The molecule has 0 aliphatic heterocycles. The van der Waals surface area contributed by atoms with Gasteiger partial charge in [0.15, 0.2) is 0 Å². The smallest absolute Gasteiger partial charge is 0.234 e. The number of amides is 1. The Hall–Kier alpha value is -1.13. The van der Waals surface area contributed by atoms with Gasteiger partial charge >= 0.3 is 0 Å². The number of hydrogen-bond donors (Lipinski definition) is 2. The zero-order chi connectivity index (χ0) is 10.6. The predicted octanol–water partition coefficient (Wildman–Crippen LogP) is 1.21. The lowest BCUT2D eigenvalue weighted by Crippen LogP contribution is -2.38. The average Bonchev–Trinajstić information content (AvgIpc) is 2.14. The summed E-state index contributed by atoms with van der Waals surface area (Å²) >= 11 is 0. The van der Waals surface area contributed by atoms with Crippen LogP contribution in [0.4, 0.5) is 4.39 Å². The molecule has 1 rings (SSSR count). The molecular weight excluding hydrogens is 219 g/mol. The van der Waals surface area contributed by atoms with E-state index < -0.39 is 11.9 Å². The number of nitrogens with two attached hydrogens (primary N) is 1. The van der Waals surface area contributed by atoms with Crippen molar-refractivity contribution < 1.29 is 9.18 Å². The van der Waals surface area contributed by atoms with Crippen molar-refractivity contribution in [3.05, 3.63) is 35.6 Å². The number of benzene rings is 1. The summed E-state index contributed by atoms with van der Waals surface area (Å²) in [6.07, 6.45) is 0. The van der Waals surface area contributed by atoms with Gasteiger partial charge in [0, 0.05) is 6.54 Å². The highest BCUT2D eigenvalue weighted by molar-refractivity contribution is 5.85. The fourth-order valence-electron chi connectivity index (χ4n) is 1.02. The largest absolute Gasteiger partial charge is 0.368 e. The molecule has 1 amide bonds. The van der Waals surface area contributed by atoms with E-state index in [9.17, 15) is 9.18 Å². The van der Waals surface area contributed by atoms with Crippen LogP contribution in [0.25, 0.3) is 0 Å². The lowest BCUT2D eigenvalue weighted by Gasteiger charge is -2.09. The second-order valence-corrected chi connectivity index (χ2v) is 3.13. The molecule has 1 aromatic carbocycles. The Balaban J connectivity index is 0.00000196. The van der Waals surface area contributed by atoms with E-state index in [0.29, 0.717) is 6.54 Å². The van der Waals surface area contributed by atoms with Crippen molar-refractivity contribution in [1.82, 2.24) is 5.32 Å². The van der Waals surface area contributed by atoms with Gasteiger partial charge in [-0.15, -0.1) is 12.4 Å². The normalized spacial score (nSPS) is 11.6. The van der Waals surface area contributed by atoms with E-state index in [1.54, 1.807) is 19.1 Å². The van der Waals surface area contributed by atoms with Gasteiger partial charge in [-0.25, -0.2) is 4.39 Å². The van der Waals surface area contributed by atoms with Gasteiger partial charge in [-0.05, 0) is 24.6 Å². The second kappa shape index (κ2) is 6.37. The molecule has 15 heavy (non-hydrogen) atoms. The summed E-state index contributed by atoms with van der Waals surface area (Å²) in [5.74, 6) is -0.697. The first kappa shape index (κ1) is 13.9. The van der Waals surface area contributed by atoms with Crippen LogP contribution in [0.15, 0.2) is 24.3 Å². The molecule has 0 aromatic heterocycles. The van der Waals surface area contributed by atoms with Crippen LogP contribution in [0.2, 0.25) is 0 Å². The summed E-state index contributed by atoms with van der Waals surface area (Å²) in [6.45, 7) is 2.10. The maximum absolute atomic E-state index is 12.7. The van der Waals surface area contributed by atoms with Gasteiger partial charge in [0.05, 0.1) is 6.04 Å². The molecule has 3 nitrogen and oxygen atoms in total. The molecule has 0 heterocycles. The number of primary amides is 1. The average molecular weight is 233 g/mol. The Kier molecular flexibility index (Phi) is 5.89. The van der Waals surface area contributed by atoms with Crippen LogP contribution in [0.5, 0.6) is 0 Å². The fourth-order valence-corrected chi connectivity index (χ4v) is 1.02. The third kappa shape index (κ3) is 4.76. The molecule has 0 bridgehead atoms. The zero-order valence-corrected chi connectivity index (χ0v) is 9.18. The minimum Gasteiger partial charge on any atom is -0.368 e. The highest BCUT2D eigenvalue weighted by Crippen LogP contribution is 2.02. The Labute approximate surface area is 94.3 Å². The topological polar surface area (TPSA) is 55.1 Å². The SMILES string of the molecule is CC(NCc1cccc(F)c1)C(N)=O.Cl. The molecule has 0 saturated carbocycles. The molecule has 3 N–H and O–H groups in total. The lowest BCUT2D eigenvalue weighted by atomic mass is 10.2. The summed E-state index contributed by atoms with van der Waals surface area (Å²) in [4.78, 5) is 10.7. The number of rotatable bonds is 4. The van der Waals surface area contributed by atoms with Crippen molar-refractivity contribution in [2.45, 2.75) is 19.5 Å². The van der Waals surface area contributed by atoms with Crippen molar-refractivity contribution in [2.24, 2.45) is 5.73 Å². The lowest BCUT2D eigenvalue weighted by molar-refractivity contribution is -0.119. The Morgan fingerprint density at radius 2 is 2.27 bits per heavy atom. The molecule has 1 unspecified atom stereocenters. The standard InChI is InChI=1S/C10H13FN2O.ClH/c1-7(10(12)14)13-6-8-3-2-4-9(11)5-8;/h2-5,7,13H,6H2,1H3,(H2,12,14);1H. The van der Waals surface area contributed by atoms with Crippen LogP contribution in [-0.4, -0.2) is 11.9 Å². The van der Waals surface area contributed by atoms with Crippen molar-refractivity contribution in [3.63, 3.8) is 0 Å². The first-order valence-electron chi connectivity index (χ1n) is 4.36. The summed E-state index contributed by atoms with van der Waals surface area (Å²) < 4.78 is 12.7. The molecule has 0 radical (unpaired) electrons. The molecule has 84 valence electrons. The van der Waals surface area contributed by atoms with E-state index in [1.165, 1.54) is 12.1 Å². The van der Waals surface area contributed by atoms with Crippen molar-refractivity contribution in [1.29, 1.82) is 0 Å². The Bertz CT molecular complexity index is 333. The van der Waals surface area contributed by atoms with Crippen LogP contribution >= 0.6 is 12.4 Å². The Morgan fingerprint density at radius 3 is 2.80 bits per heavy atom. The highest BCUT2D eigenvalue weighted by atomic mass is 35.5. The van der Waals surface area contributed by atoms with Crippen molar-refractivity contribution >= 4 is 18.3 Å². The first-order valence-corrected chi connectivity index (χ1v) is 4.36. The number of nitrogens with one attached hydrogen (secondary N) is 1. The van der Waals surface area contributed by atoms with Crippen LogP contribution in [-0.2, 0) is 11.3 Å². The number of carbonyl (C=O) groups is 1. The molecule has 1 aromatic rings.